The molecule has 0 amide bonds. The van der Waals surface area contributed by atoms with E-state index in [1.165, 1.54) is 80.7 Å². The van der Waals surface area contributed by atoms with Crippen molar-refractivity contribution in [3.8, 4) is 22.8 Å². The van der Waals surface area contributed by atoms with Gasteiger partial charge in [-0.15, -0.1) is 0 Å². The zero-order chi connectivity index (χ0) is 20.6. The van der Waals surface area contributed by atoms with Gasteiger partial charge in [-0.3, -0.25) is 0 Å². The van der Waals surface area contributed by atoms with Crippen LogP contribution < -0.4 is 9.30 Å². The largest absolute Gasteiger partial charge is 0.455 e. The molecule has 2 aliphatic rings. The minimum absolute atomic E-state index is 0.676. The molecule has 150 valence electrons. The van der Waals surface area contributed by atoms with E-state index in [2.05, 4.69) is 75.0 Å². The molecule has 1 saturated carbocycles. The van der Waals surface area contributed by atoms with Crippen LogP contribution in [-0.2, 0) is 7.05 Å². The second-order valence-electron chi connectivity index (χ2n) is 9.35. The number of hydrogen-bond donors (Lipinski definition) is 0. The second-order valence-corrected chi connectivity index (χ2v) is 9.35. The predicted octanol–water partition coefficient (Wildman–Crippen LogP) is 7.17. The summed E-state index contributed by atoms with van der Waals surface area (Å²) in [6.07, 6.45) is 7.51. The van der Waals surface area contributed by atoms with Crippen molar-refractivity contribution in [1.29, 1.82) is 0 Å². The van der Waals surface area contributed by atoms with Crippen molar-refractivity contribution in [2.75, 3.05) is 0 Å². The van der Waals surface area contributed by atoms with Crippen molar-refractivity contribution in [3.63, 3.8) is 0 Å². The van der Waals surface area contributed by atoms with Crippen LogP contribution >= 0.6 is 0 Å². The van der Waals surface area contributed by atoms with Gasteiger partial charge in [-0.05, 0) is 72.9 Å². The van der Waals surface area contributed by atoms with Crippen LogP contribution in [0.1, 0.15) is 53.9 Å². The topological polar surface area (TPSA) is 13.1 Å². The standard InChI is InChI=1S/C28H28NO/c1-16-9-10-22-17(2)25-27-26-20(11-12-29(27)4)14-21(19-7-5-6-8-19)15-24(26)30-28(25)18(3)23(22)13-16/h9-15,19H,5-8H2,1-4H3/q+1. The summed E-state index contributed by atoms with van der Waals surface area (Å²) < 4.78 is 9.02. The maximum absolute atomic E-state index is 6.75. The van der Waals surface area contributed by atoms with Crippen LogP contribution in [0.4, 0.5) is 0 Å². The monoisotopic (exact) mass is 394 g/mol. The lowest BCUT2D eigenvalue weighted by Gasteiger charge is -2.25. The Morgan fingerprint density at radius 2 is 1.70 bits per heavy atom. The van der Waals surface area contributed by atoms with Crippen molar-refractivity contribution in [2.24, 2.45) is 7.05 Å². The van der Waals surface area contributed by atoms with Crippen LogP contribution in [0.15, 0.2) is 42.6 Å². The Hall–Kier alpha value is -2.87. The van der Waals surface area contributed by atoms with Gasteiger partial charge >= 0.3 is 0 Å². The number of pyridine rings is 1. The van der Waals surface area contributed by atoms with Crippen LogP contribution in [-0.4, -0.2) is 0 Å². The summed E-state index contributed by atoms with van der Waals surface area (Å²) in [5.41, 5.74) is 7.81. The van der Waals surface area contributed by atoms with Crippen LogP contribution in [0.5, 0.6) is 11.5 Å². The first-order valence-electron chi connectivity index (χ1n) is 11.2. The number of rotatable bonds is 1. The lowest BCUT2D eigenvalue weighted by molar-refractivity contribution is -0.659. The number of nitrogens with zero attached hydrogens (tertiary/aromatic N) is 1. The van der Waals surface area contributed by atoms with Gasteiger partial charge in [0, 0.05) is 11.6 Å². The van der Waals surface area contributed by atoms with E-state index in [0.717, 1.165) is 11.5 Å². The minimum atomic E-state index is 0.676. The van der Waals surface area contributed by atoms with E-state index in [1.807, 2.05) is 0 Å². The summed E-state index contributed by atoms with van der Waals surface area (Å²) in [7, 11) is 2.16. The molecule has 0 spiro atoms. The average Bonchev–Trinajstić information content (AvgIpc) is 3.28. The summed E-state index contributed by atoms with van der Waals surface area (Å²) in [6.45, 7) is 6.63. The summed E-state index contributed by atoms with van der Waals surface area (Å²) in [6, 6.07) is 13.8. The Kier molecular flexibility index (Phi) is 3.78. The number of hydrogen-bond acceptors (Lipinski definition) is 1. The smallest absolute Gasteiger partial charge is 0.228 e. The molecular weight excluding hydrogens is 366 g/mol. The molecule has 0 atom stereocenters. The van der Waals surface area contributed by atoms with E-state index in [-0.39, 0.29) is 0 Å². The van der Waals surface area contributed by atoms with Gasteiger partial charge in [0.2, 0.25) is 5.69 Å². The van der Waals surface area contributed by atoms with E-state index >= 15 is 0 Å². The fraction of sp³-hybridized carbons (Fsp3) is 0.321. The number of aryl methyl sites for hydroxylation is 4. The van der Waals surface area contributed by atoms with Crippen LogP contribution in [0.2, 0.25) is 0 Å². The molecule has 6 rings (SSSR count). The maximum Gasteiger partial charge on any atom is 0.228 e. The van der Waals surface area contributed by atoms with Gasteiger partial charge in [0.05, 0.1) is 10.9 Å². The van der Waals surface area contributed by atoms with Gasteiger partial charge in [-0.2, -0.15) is 0 Å². The van der Waals surface area contributed by atoms with Crippen molar-refractivity contribution >= 4 is 21.5 Å². The highest BCUT2D eigenvalue weighted by Gasteiger charge is 2.32. The zero-order valence-electron chi connectivity index (χ0n) is 18.3. The number of ether oxygens (including phenoxy) is 1. The van der Waals surface area contributed by atoms with Crippen molar-refractivity contribution < 1.29 is 9.30 Å². The van der Waals surface area contributed by atoms with Gasteiger partial charge in [0.25, 0.3) is 0 Å². The lowest BCUT2D eigenvalue weighted by atomic mass is 9.87. The Labute approximate surface area is 178 Å². The molecule has 2 nitrogen and oxygen atoms in total. The van der Waals surface area contributed by atoms with E-state index in [9.17, 15) is 0 Å². The molecule has 0 bridgehead atoms. The third-order valence-electron chi connectivity index (χ3n) is 7.42. The van der Waals surface area contributed by atoms with E-state index < -0.39 is 0 Å². The van der Waals surface area contributed by atoms with E-state index in [0.29, 0.717) is 5.92 Å². The van der Waals surface area contributed by atoms with Gasteiger partial charge in [-0.25, -0.2) is 4.57 Å². The molecule has 1 aromatic heterocycles. The highest BCUT2D eigenvalue weighted by atomic mass is 16.5. The van der Waals surface area contributed by atoms with Gasteiger partial charge < -0.3 is 4.74 Å². The lowest BCUT2D eigenvalue weighted by Crippen LogP contribution is -2.32. The zero-order valence-corrected chi connectivity index (χ0v) is 18.3. The van der Waals surface area contributed by atoms with Crippen LogP contribution in [0.25, 0.3) is 32.8 Å². The SMILES string of the molecule is Cc1ccc2c(C)c3c(c(C)c2c1)Oc1cc(C2CCCC2)cc2cc[n+](C)c-3c12. The van der Waals surface area contributed by atoms with Gasteiger partial charge in [0.1, 0.15) is 18.5 Å². The first kappa shape index (κ1) is 17.9. The fourth-order valence-electron chi connectivity index (χ4n) is 5.80. The molecule has 3 aromatic carbocycles. The highest BCUT2D eigenvalue weighted by molar-refractivity contribution is 6.06. The molecule has 0 radical (unpaired) electrons. The molecule has 1 aliphatic heterocycles. The molecule has 1 fully saturated rings. The van der Waals surface area contributed by atoms with Crippen molar-refractivity contribution in [2.45, 2.75) is 52.4 Å². The molecule has 2 heterocycles. The molecule has 2 heteroatoms. The molecule has 0 saturated heterocycles. The fourth-order valence-corrected chi connectivity index (χ4v) is 5.80. The molecule has 30 heavy (non-hydrogen) atoms. The Bertz CT molecular complexity index is 1360. The average molecular weight is 395 g/mol. The van der Waals surface area contributed by atoms with Gasteiger partial charge in [-0.1, -0.05) is 42.7 Å². The normalized spacial score (nSPS) is 15.6. The number of benzene rings is 3. The third kappa shape index (κ3) is 2.40. The number of aromatic nitrogens is 1. The summed E-state index contributed by atoms with van der Waals surface area (Å²) in [4.78, 5) is 0. The summed E-state index contributed by atoms with van der Waals surface area (Å²) >= 11 is 0. The third-order valence-corrected chi connectivity index (χ3v) is 7.42. The van der Waals surface area contributed by atoms with E-state index in [4.69, 9.17) is 4.74 Å². The molecule has 1 aliphatic carbocycles. The first-order chi connectivity index (χ1) is 14.5. The minimum Gasteiger partial charge on any atom is -0.455 e. The summed E-state index contributed by atoms with van der Waals surface area (Å²) in [5, 5.41) is 5.18. The molecular formula is C28H28NO+. The van der Waals surface area contributed by atoms with Gasteiger partial charge in [0.15, 0.2) is 6.20 Å². The quantitative estimate of drug-likeness (QED) is 0.275. The first-order valence-corrected chi connectivity index (χ1v) is 11.2. The molecule has 0 unspecified atom stereocenters. The van der Waals surface area contributed by atoms with Crippen LogP contribution in [0.3, 0.4) is 0 Å². The van der Waals surface area contributed by atoms with Crippen LogP contribution in [0, 0.1) is 20.8 Å². The highest BCUT2D eigenvalue weighted by Crippen LogP contribution is 2.51. The van der Waals surface area contributed by atoms with Crippen molar-refractivity contribution in [3.05, 3.63) is 64.8 Å². The maximum atomic E-state index is 6.75. The van der Waals surface area contributed by atoms with E-state index in [1.54, 1.807) is 0 Å². The molecule has 4 aromatic rings. The Morgan fingerprint density at radius 3 is 2.50 bits per heavy atom. The number of fused-ring (bicyclic) bond motifs is 3. The van der Waals surface area contributed by atoms with Crippen molar-refractivity contribution in [1.82, 2.24) is 0 Å². The second kappa shape index (κ2) is 6.31. The predicted molar refractivity (Wildman–Crippen MR) is 124 cm³/mol. The Balaban J connectivity index is 1.71. The summed E-state index contributed by atoms with van der Waals surface area (Å²) in [5.74, 6) is 2.74. The molecule has 0 N–H and O–H groups in total. The Morgan fingerprint density at radius 1 is 0.900 bits per heavy atom.